The lowest BCUT2D eigenvalue weighted by Gasteiger charge is -2.00. The van der Waals surface area contributed by atoms with Crippen molar-refractivity contribution in [2.45, 2.75) is 17.6 Å². The Morgan fingerprint density at radius 3 is 2.00 bits per heavy atom. The summed E-state index contributed by atoms with van der Waals surface area (Å²) < 4.78 is 0. The smallest absolute Gasteiger partial charge is 0.0515 e. The first-order chi connectivity index (χ1) is 5.26. The van der Waals surface area contributed by atoms with Crippen LogP contribution in [0.15, 0.2) is 12.1 Å². The minimum Gasteiger partial charge on any atom is -0.256 e. The molecule has 1 aromatic heterocycles. The van der Waals surface area contributed by atoms with Gasteiger partial charge in [-0.2, -0.15) is 0 Å². The Kier molecular flexibility index (Phi) is 3.52. The first-order valence-electron chi connectivity index (χ1n) is 3.34. The second kappa shape index (κ2) is 4.21. The second-order valence-electron chi connectivity index (χ2n) is 2.39. The van der Waals surface area contributed by atoms with Crippen molar-refractivity contribution >= 4 is 31.9 Å². The highest BCUT2D eigenvalue weighted by Crippen LogP contribution is 2.10. The molecule has 0 aliphatic carbocycles. The van der Waals surface area contributed by atoms with Gasteiger partial charge in [-0.3, -0.25) is 4.98 Å². The van der Waals surface area contributed by atoms with Gasteiger partial charge in [-0.05, 0) is 24.6 Å². The van der Waals surface area contributed by atoms with Gasteiger partial charge in [-0.15, -0.1) is 0 Å². The molecule has 1 heterocycles. The molecule has 0 atom stereocenters. The van der Waals surface area contributed by atoms with Gasteiger partial charge in [0.05, 0.1) is 11.4 Å². The van der Waals surface area contributed by atoms with Crippen LogP contribution in [0.2, 0.25) is 0 Å². The topological polar surface area (TPSA) is 12.9 Å². The molecular weight excluding hydrogens is 270 g/mol. The van der Waals surface area contributed by atoms with E-state index in [2.05, 4.69) is 55.9 Å². The molecule has 1 aromatic rings. The summed E-state index contributed by atoms with van der Waals surface area (Å²) in [6.45, 7) is 2.08. The Morgan fingerprint density at radius 1 is 1.18 bits per heavy atom. The summed E-state index contributed by atoms with van der Waals surface area (Å²) in [6, 6.07) is 4.17. The van der Waals surface area contributed by atoms with Gasteiger partial charge in [0.1, 0.15) is 0 Å². The fourth-order valence-corrected chi connectivity index (χ4v) is 1.53. The van der Waals surface area contributed by atoms with Gasteiger partial charge >= 0.3 is 0 Å². The molecule has 0 N–H and O–H groups in total. The van der Waals surface area contributed by atoms with Gasteiger partial charge in [0.25, 0.3) is 0 Å². The predicted molar refractivity (Wildman–Crippen MR) is 54.2 cm³/mol. The minimum absolute atomic E-state index is 0.828. The molecule has 1 nitrogen and oxygen atoms in total. The molecule has 0 amide bonds. The Bertz CT molecular complexity index is 226. The standard InChI is InChI=1S/C8H9Br2N/c1-6-2-7(4-9)11-8(3-6)5-10/h2-3H,4-5H2,1H3. The SMILES string of the molecule is Cc1cc(CBr)nc(CBr)c1. The monoisotopic (exact) mass is 277 g/mol. The Labute approximate surface area is 83.5 Å². The van der Waals surface area contributed by atoms with Crippen LogP contribution in [0.25, 0.3) is 0 Å². The molecule has 0 saturated carbocycles. The van der Waals surface area contributed by atoms with E-state index in [0.717, 1.165) is 22.0 Å². The highest BCUT2D eigenvalue weighted by Gasteiger charge is 1.96. The van der Waals surface area contributed by atoms with E-state index in [4.69, 9.17) is 0 Å². The second-order valence-corrected chi connectivity index (χ2v) is 3.52. The van der Waals surface area contributed by atoms with Crippen LogP contribution < -0.4 is 0 Å². The van der Waals surface area contributed by atoms with Gasteiger partial charge in [0.2, 0.25) is 0 Å². The first kappa shape index (κ1) is 9.20. The summed E-state index contributed by atoms with van der Waals surface area (Å²) in [5.74, 6) is 0. The van der Waals surface area contributed by atoms with E-state index >= 15 is 0 Å². The summed E-state index contributed by atoms with van der Waals surface area (Å²) in [6.07, 6.45) is 0. The largest absolute Gasteiger partial charge is 0.256 e. The maximum atomic E-state index is 4.38. The van der Waals surface area contributed by atoms with E-state index in [9.17, 15) is 0 Å². The van der Waals surface area contributed by atoms with Crippen LogP contribution in [-0.2, 0) is 10.7 Å². The molecule has 0 fully saturated rings. The molecule has 0 spiro atoms. The number of aromatic nitrogens is 1. The van der Waals surface area contributed by atoms with Crippen LogP contribution in [0.5, 0.6) is 0 Å². The molecule has 1 rings (SSSR count). The number of alkyl halides is 2. The van der Waals surface area contributed by atoms with Crippen LogP contribution in [0.3, 0.4) is 0 Å². The Hall–Kier alpha value is 0.110. The Balaban J connectivity index is 3.02. The lowest BCUT2D eigenvalue weighted by molar-refractivity contribution is 1.09. The lowest BCUT2D eigenvalue weighted by Crippen LogP contribution is -1.91. The predicted octanol–water partition coefficient (Wildman–Crippen LogP) is 3.18. The van der Waals surface area contributed by atoms with Gasteiger partial charge in [0, 0.05) is 10.7 Å². The number of pyridine rings is 1. The van der Waals surface area contributed by atoms with Gasteiger partial charge < -0.3 is 0 Å². The summed E-state index contributed by atoms with van der Waals surface area (Å²) in [5, 5.41) is 1.66. The first-order valence-corrected chi connectivity index (χ1v) is 5.59. The molecule has 0 saturated heterocycles. The van der Waals surface area contributed by atoms with Crippen molar-refractivity contribution in [3.63, 3.8) is 0 Å². The lowest BCUT2D eigenvalue weighted by atomic mass is 10.2. The summed E-state index contributed by atoms with van der Waals surface area (Å²) in [4.78, 5) is 4.38. The summed E-state index contributed by atoms with van der Waals surface area (Å²) in [5.41, 5.74) is 3.46. The van der Waals surface area contributed by atoms with Crippen molar-refractivity contribution in [3.8, 4) is 0 Å². The zero-order valence-corrected chi connectivity index (χ0v) is 9.44. The van der Waals surface area contributed by atoms with Crippen LogP contribution in [0, 0.1) is 6.92 Å². The number of hydrogen-bond acceptors (Lipinski definition) is 1. The number of hydrogen-bond donors (Lipinski definition) is 0. The fraction of sp³-hybridized carbons (Fsp3) is 0.375. The van der Waals surface area contributed by atoms with E-state index in [1.54, 1.807) is 0 Å². The number of nitrogens with zero attached hydrogens (tertiary/aromatic N) is 1. The van der Waals surface area contributed by atoms with Gasteiger partial charge in [-0.25, -0.2) is 0 Å². The van der Waals surface area contributed by atoms with E-state index in [0.29, 0.717) is 0 Å². The molecule has 3 heteroatoms. The van der Waals surface area contributed by atoms with E-state index in [1.807, 2.05) is 0 Å². The molecule has 11 heavy (non-hydrogen) atoms. The molecule has 0 aliphatic rings. The summed E-state index contributed by atoms with van der Waals surface area (Å²) >= 11 is 6.75. The van der Waals surface area contributed by atoms with Crippen molar-refractivity contribution in [2.75, 3.05) is 0 Å². The van der Waals surface area contributed by atoms with Crippen molar-refractivity contribution in [2.24, 2.45) is 0 Å². The zero-order chi connectivity index (χ0) is 8.27. The fourth-order valence-electron chi connectivity index (χ4n) is 0.953. The third-order valence-electron chi connectivity index (χ3n) is 1.35. The Morgan fingerprint density at radius 2 is 1.64 bits per heavy atom. The van der Waals surface area contributed by atoms with Crippen LogP contribution in [0.1, 0.15) is 17.0 Å². The van der Waals surface area contributed by atoms with E-state index in [1.165, 1.54) is 5.56 Å². The third-order valence-corrected chi connectivity index (χ3v) is 2.50. The van der Waals surface area contributed by atoms with Crippen molar-refractivity contribution in [1.82, 2.24) is 4.98 Å². The maximum Gasteiger partial charge on any atom is 0.0515 e. The minimum atomic E-state index is 0.828. The number of rotatable bonds is 2. The van der Waals surface area contributed by atoms with Crippen LogP contribution in [-0.4, -0.2) is 4.98 Å². The highest BCUT2D eigenvalue weighted by atomic mass is 79.9. The molecular formula is C8H9Br2N. The molecule has 0 aliphatic heterocycles. The quantitative estimate of drug-likeness (QED) is 0.758. The molecule has 0 radical (unpaired) electrons. The van der Waals surface area contributed by atoms with Crippen LogP contribution >= 0.6 is 31.9 Å². The summed E-state index contributed by atoms with van der Waals surface area (Å²) in [7, 11) is 0. The maximum absolute atomic E-state index is 4.38. The average molecular weight is 279 g/mol. The molecule has 60 valence electrons. The van der Waals surface area contributed by atoms with Crippen LogP contribution in [0.4, 0.5) is 0 Å². The zero-order valence-electron chi connectivity index (χ0n) is 6.27. The average Bonchev–Trinajstić information content (AvgIpc) is 2.03. The van der Waals surface area contributed by atoms with Crippen molar-refractivity contribution in [3.05, 3.63) is 29.1 Å². The third kappa shape index (κ3) is 2.56. The van der Waals surface area contributed by atoms with E-state index in [-0.39, 0.29) is 0 Å². The molecule has 0 aromatic carbocycles. The van der Waals surface area contributed by atoms with Gasteiger partial charge in [0.15, 0.2) is 0 Å². The van der Waals surface area contributed by atoms with Crippen molar-refractivity contribution < 1.29 is 0 Å². The van der Waals surface area contributed by atoms with E-state index < -0.39 is 0 Å². The van der Waals surface area contributed by atoms with Crippen molar-refractivity contribution in [1.29, 1.82) is 0 Å². The van der Waals surface area contributed by atoms with Gasteiger partial charge in [-0.1, -0.05) is 31.9 Å². The highest BCUT2D eigenvalue weighted by molar-refractivity contribution is 9.08. The molecule has 0 bridgehead atoms. The number of aryl methyl sites for hydroxylation is 1. The normalized spacial score (nSPS) is 10.1. The molecule has 0 unspecified atom stereocenters. The number of halogens is 2.